The van der Waals surface area contributed by atoms with Crippen LogP contribution in [-0.2, 0) is 6.54 Å². The Morgan fingerprint density at radius 1 is 1.25 bits per heavy atom. The van der Waals surface area contributed by atoms with Gasteiger partial charge in [0.2, 0.25) is 0 Å². The molecule has 0 aliphatic carbocycles. The normalized spacial score (nSPS) is 13.0. The summed E-state index contributed by atoms with van der Waals surface area (Å²) in [7, 11) is 0. The van der Waals surface area contributed by atoms with Crippen LogP contribution in [0.5, 0.6) is 0 Å². The summed E-state index contributed by atoms with van der Waals surface area (Å²) in [6.07, 6.45) is 1.12. The van der Waals surface area contributed by atoms with Crippen molar-refractivity contribution in [2.75, 3.05) is 19.6 Å². The van der Waals surface area contributed by atoms with Crippen LogP contribution in [0.25, 0.3) is 0 Å². The third-order valence-electron chi connectivity index (χ3n) is 2.93. The molecule has 0 heterocycles. The van der Waals surface area contributed by atoms with Crippen LogP contribution in [0.1, 0.15) is 25.8 Å². The average Bonchev–Trinajstić information content (AvgIpc) is 2.30. The Morgan fingerprint density at radius 2 is 1.94 bits per heavy atom. The topological polar surface area (TPSA) is 29.3 Å². The predicted octanol–water partition coefficient (Wildman–Crippen LogP) is 2.49. The van der Waals surface area contributed by atoms with E-state index >= 15 is 0 Å². The van der Waals surface area contributed by atoms with E-state index in [4.69, 9.17) is 5.73 Å². The first-order valence-corrected chi connectivity index (χ1v) is 6.22. The second-order valence-corrected chi connectivity index (χ2v) is 4.50. The van der Waals surface area contributed by atoms with Gasteiger partial charge in [-0.2, -0.15) is 0 Å². The molecule has 0 fully saturated rings. The predicted molar refractivity (Wildman–Crippen MR) is 70.2 cm³/mol. The third kappa shape index (κ3) is 4.77. The largest absolute Gasteiger partial charge is 0.330 e. The Balaban J connectivity index is 2.43. The number of hydrogen-bond donors (Lipinski definition) is 1. The maximum absolute atomic E-state index is 5.58. The molecule has 16 heavy (non-hydrogen) atoms. The maximum Gasteiger partial charge on any atom is 0.0233 e. The lowest BCUT2D eigenvalue weighted by Gasteiger charge is -2.24. The maximum atomic E-state index is 5.58. The SMILES string of the molecule is CCN(Cc1ccccc1)CC(C)CCN. The van der Waals surface area contributed by atoms with Crippen molar-refractivity contribution in [1.29, 1.82) is 0 Å². The fraction of sp³-hybridized carbons (Fsp3) is 0.571. The number of nitrogens with zero attached hydrogens (tertiary/aromatic N) is 1. The number of rotatable bonds is 7. The van der Waals surface area contributed by atoms with Gasteiger partial charge in [0, 0.05) is 13.1 Å². The Hall–Kier alpha value is -0.860. The lowest BCUT2D eigenvalue weighted by atomic mass is 10.1. The standard InChI is InChI=1S/C14H24N2/c1-3-16(11-13(2)9-10-15)12-14-7-5-4-6-8-14/h4-8,13H,3,9-12,15H2,1-2H3. The monoisotopic (exact) mass is 220 g/mol. The van der Waals surface area contributed by atoms with E-state index < -0.39 is 0 Å². The highest BCUT2D eigenvalue weighted by molar-refractivity contribution is 5.14. The van der Waals surface area contributed by atoms with Gasteiger partial charge in [0.15, 0.2) is 0 Å². The molecular formula is C14H24N2. The van der Waals surface area contributed by atoms with Gasteiger partial charge < -0.3 is 5.73 Å². The van der Waals surface area contributed by atoms with E-state index in [9.17, 15) is 0 Å². The van der Waals surface area contributed by atoms with Crippen molar-refractivity contribution < 1.29 is 0 Å². The molecule has 0 radical (unpaired) electrons. The van der Waals surface area contributed by atoms with Crippen LogP contribution in [-0.4, -0.2) is 24.5 Å². The lowest BCUT2D eigenvalue weighted by molar-refractivity contribution is 0.236. The molecule has 2 heteroatoms. The van der Waals surface area contributed by atoms with E-state index in [2.05, 4.69) is 49.1 Å². The van der Waals surface area contributed by atoms with Gasteiger partial charge in [-0.1, -0.05) is 44.2 Å². The summed E-state index contributed by atoms with van der Waals surface area (Å²) in [6.45, 7) is 8.58. The molecule has 1 unspecified atom stereocenters. The summed E-state index contributed by atoms with van der Waals surface area (Å²) in [5.74, 6) is 0.689. The molecule has 0 saturated carbocycles. The van der Waals surface area contributed by atoms with E-state index in [0.717, 1.165) is 32.6 Å². The molecule has 0 bridgehead atoms. The van der Waals surface area contributed by atoms with E-state index in [1.807, 2.05) is 0 Å². The van der Waals surface area contributed by atoms with Crippen molar-refractivity contribution in [3.05, 3.63) is 35.9 Å². The summed E-state index contributed by atoms with van der Waals surface area (Å²) in [4.78, 5) is 2.48. The molecule has 1 aromatic carbocycles. The average molecular weight is 220 g/mol. The minimum Gasteiger partial charge on any atom is -0.330 e. The first-order chi connectivity index (χ1) is 7.76. The van der Waals surface area contributed by atoms with Crippen LogP contribution < -0.4 is 5.73 Å². The molecular weight excluding hydrogens is 196 g/mol. The Morgan fingerprint density at radius 3 is 2.50 bits per heavy atom. The van der Waals surface area contributed by atoms with Gasteiger partial charge in [-0.25, -0.2) is 0 Å². The molecule has 0 spiro atoms. The Labute approximate surface area is 99.5 Å². The molecule has 0 aliphatic rings. The Bertz CT molecular complexity index is 271. The fourth-order valence-corrected chi connectivity index (χ4v) is 1.96. The van der Waals surface area contributed by atoms with E-state index in [-0.39, 0.29) is 0 Å². The molecule has 0 aliphatic heterocycles. The zero-order chi connectivity index (χ0) is 11.8. The zero-order valence-corrected chi connectivity index (χ0v) is 10.5. The highest BCUT2D eigenvalue weighted by Crippen LogP contribution is 2.08. The third-order valence-corrected chi connectivity index (χ3v) is 2.93. The molecule has 1 rings (SSSR count). The van der Waals surface area contributed by atoms with Gasteiger partial charge in [-0.15, -0.1) is 0 Å². The van der Waals surface area contributed by atoms with Gasteiger partial charge in [-0.3, -0.25) is 4.90 Å². The summed E-state index contributed by atoms with van der Waals surface area (Å²) >= 11 is 0. The van der Waals surface area contributed by atoms with Gasteiger partial charge >= 0.3 is 0 Å². The van der Waals surface area contributed by atoms with Crippen molar-refractivity contribution >= 4 is 0 Å². The minimum absolute atomic E-state index is 0.689. The van der Waals surface area contributed by atoms with Gasteiger partial charge in [0.1, 0.15) is 0 Å². The molecule has 1 aromatic rings. The van der Waals surface area contributed by atoms with Gasteiger partial charge in [0.25, 0.3) is 0 Å². The van der Waals surface area contributed by atoms with Crippen LogP contribution in [0.15, 0.2) is 30.3 Å². The smallest absolute Gasteiger partial charge is 0.0233 e. The number of nitrogens with two attached hydrogens (primary N) is 1. The summed E-state index contributed by atoms with van der Waals surface area (Å²) in [6, 6.07) is 10.7. The highest BCUT2D eigenvalue weighted by Gasteiger charge is 2.08. The van der Waals surface area contributed by atoms with Crippen LogP contribution in [0.3, 0.4) is 0 Å². The van der Waals surface area contributed by atoms with Crippen molar-refractivity contribution in [3.8, 4) is 0 Å². The van der Waals surface area contributed by atoms with Crippen molar-refractivity contribution in [2.24, 2.45) is 11.7 Å². The highest BCUT2D eigenvalue weighted by atomic mass is 15.1. The van der Waals surface area contributed by atoms with Gasteiger partial charge in [0.05, 0.1) is 0 Å². The molecule has 2 nitrogen and oxygen atoms in total. The van der Waals surface area contributed by atoms with E-state index in [1.54, 1.807) is 0 Å². The van der Waals surface area contributed by atoms with Crippen molar-refractivity contribution in [1.82, 2.24) is 4.90 Å². The van der Waals surface area contributed by atoms with Crippen molar-refractivity contribution in [3.63, 3.8) is 0 Å². The van der Waals surface area contributed by atoms with Crippen LogP contribution in [0.2, 0.25) is 0 Å². The Kier molecular flexibility index (Phi) is 6.12. The second-order valence-electron chi connectivity index (χ2n) is 4.50. The molecule has 0 saturated heterocycles. The first-order valence-electron chi connectivity index (χ1n) is 6.22. The quantitative estimate of drug-likeness (QED) is 0.765. The fourth-order valence-electron chi connectivity index (χ4n) is 1.96. The zero-order valence-electron chi connectivity index (χ0n) is 10.5. The summed E-state index contributed by atoms with van der Waals surface area (Å²) in [5.41, 5.74) is 6.97. The summed E-state index contributed by atoms with van der Waals surface area (Å²) < 4.78 is 0. The second kappa shape index (κ2) is 7.42. The number of hydrogen-bond acceptors (Lipinski definition) is 2. The molecule has 0 aromatic heterocycles. The minimum atomic E-state index is 0.689. The number of benzene rings is 1. The van der Waals surface area contributed by atoms with Crippen molar-refractivity contribution in [2.45, 2.75) is 26.8 Å². The molecule has 90 valence electrons. The van der Waals surface area contributed by atoms with E-state index in [1.165, 1.54) is 5.56 Å². The molecule has 1 atom stereocenters. The summed E-state index contributed by atoms with van der Waals surface area (Å²) in [5, 5.41) is 0. The van der Waals surface area contributed by atoms with Crippen LogP contribution >= 0.6 is 0 Å². The van der Waals surface area contributed by atoms with Crippen LogP contribution in [0, 0.1) is 5.92 Å². The van der Waals surface area contributed by atoms with Gasteiger partial charge in [-0.05, 0) is 31.0 Å². The lowest BCUT2D eigenvalue weighted by Crippen LogP contribution is -2.28. The van der Waals surface area contributed by atoms with E-state index in [0.29, 0.717) is 5.92 Å². The van der Waals surface area contributed by atoms with Crippen LogP contribution in [0.4, 0.5) is 0 Å². The first kappa shape index (κ1) is 13.2. The molecule has 0 amide bonds. The molecule has 2 N–H and O–H groups in total.